The van der Waals surface area contributed by atoms with Gasteiger partial charge in [-0.3, -0.25) is 25.0 Å². The monoisotopic (exact) mass is 500 g/mol. The van der Waals surface area contributed by atoms with E-state index in [-0.39, 0.29) is 33.5 Å². The number of benzene rings is 3. The van der Waals surface area contributed by atoms with Crippen molar-refractivity contribution in [3.63, 3.8) is 0 Å². The summed E-state index contributed by atoms with van der Waals surface area (Å²) in [5.74, 6) is -0.318. The van der Waals surface area contributed by atoms with Crippen LogP contribution < -0.4 is 9.70 Å². The van der Waals surface area contributed by atoms with Crippen molar-refractivity contribution < 1.29 is 14.6 Å². The van der Waals surface area contributed by atoms with Crippen molar-refractivity contribution in [2.24, 2.45) is 10.1 Å². The van der Waals surface area contributed by atoms with Crippen LogP contribution in [0, 0.1) is 20.2 Å². The lowest BCUT2D eigenvalue weighted by Gasteiger charge is -2.07. The summed E-state index contributed by atoms with van der Waals surface area (Å²) in [6, 6.07) is 19.2. The first-order valence-electron chi connectivity index (χ1n) is 10.5. The molecule has 1 aromatic heterocycles. The Labute approximate surface area is 207 Å². The van der Waals surface area contributed by atoms with Crippen molar-refractivity contribution >= 4 is 45.7 Å². The molecule has 0 bridgehead atoms. The Morgan fingerprint density at radius 2 is 1.58 bits per heavy atom. The molecule has 0 fully saturated rings. The van der Waals surface area contributed by atoms with Crippen LogP contribution in [-0.4, -0.2) is 33.2 Å². The van der Waals surface area contributed by atoms with E-state index in [2.05, 4.69) is 10.1 Å². The summed E-state index contributed by atoms with van der Waals surface area (Å²) < 4.78 is 1.44. The molecule has 1 amide bonds. The van der Waals surface area contributed by atoms with Crippen LogP contribution in [0.1, 0.15) is 5.56 Å². The largest absolute Gasteiger partial charge is 0.309 e. The van der Waals surface area contributed by atoms with Gasteiger partial charge in [-0.15, -0.1) is 11.3 Å². The molecule has 0 spiro atoms. The molecule has 0 N–H and O–H groups in total. The number of thiazole rings is 1. The molecular weight excluding hydrogens is 484 g/mol. The van der Waals surface area contributed by atoms with Gasteiger partial charge in [-0.25, -0.2) is 9.67 Å². The molecule has 36 heavy (non-hydrogen) atoms. The Hall–Kier alpha value is -4.97. The zero-order chi connectivity index (χ0) is 25.4. The molecule has 11 nitrogen and oxygen atoms in total. The van der Waals surface area contributed by atoms with Gasteiger partial charge in [0.25, 0.3) is 17.3 Å². The molecule has 1 aliphatic heterocycles. The van der Waals surface area contributed by atoms with E-state index >= 15 is 0 Å². The number of rotatable bonds is 5. The first-order chi connectivity index (χ1) is 17.3. The van der Waals surface area contributed by atoms with Gasteiger partial charge in [0.15, 0.2) is 5.71 Å². The highest BCUT2D eigenvalue weighted by molar-refractivity contribution is 7.07. The highest BCUT2D eigenvalue weighted by atomic mass is 32.1. The van der Waals surface area contributed by atoms with Gasteiger partial charge in [-0.1, -0.05) is 30.3 Å². The lowest BCUT2D eigenvalue weighted by Crippen LogP contribution is -2.27. The standard InChI is InChI=1S/C24H16N6O5S/c1-27-19-8-4-2-6-17(19)22(23(27)31)26-28-21(15-10-12-16(13-11-15)29(32)33)14-36-24(28)25-18-7-3-5-9-20(18)30(34)35/h2-14H,1H3. The van der Waals surface area contributed by atoms with E-state index in [1.807, 2.05) is 12.1 Å². The SMILES string of the molecule is CN1C(=O)C(=Nn2c(-c3ccc([N+](=O)[O-])cc3)csc2=Nc2ccccc2[N+](=O)[O-])c2ccccc21. The van der Waals surface area contributed by atoms with Gasteiger partial charge in [0.2, 0.25) is 4.80 Å². The second kappa shape index (κ2) is 9.00. The van der Waals surface area contributed by atoms with E-state index in [1.54, 1.807) is 48.8 Å². The molecule has 5 rings (SSSR count). The van der Waals surface area contributed by atoms with Crippen LogP contribution in [-0.2, 0) is 4.79 Å². The Kier molecular flexibility index (Phi) is 5.70. The maximum absolute atomic E-state index is 13.1. The molecule has 0 aliphatic carbocycles. The number of carbonyl (C=O) groups excluding carboxylic acids is 1. The predicted molar refractivity (Wildman–Crippen MR) is 135 cm³/mol. The van der Waals surface area contributed by atoms with Crippen molar-refractivity contribution in [2.45, 2.75) is 0 Å². The molecule has 178 valence electrons. The predicted octanol–water partition coefficient (Wildman–Crippen LogP) is 4.49. The number of hydrogen-bond donors (Lipinski definition) is 0. The molecule has 4 aromatic rings. The molecule has 0 saturated carbocycles. The third kappa shape index (κ3) is 3.95. The van der Waals surface area contributed by atoms with Crippen LogP contribution in [0.4, 0.5) is 22.7 Å². The van der Waals surface area contributed by atoms with Crippen molar-refractivity contribution in [3.8, 4) is 11.3 Å². The minimum absolute atomic E-state index is 0.0711. The summed E-state index contributed by atoms with van der Waals surface area (Å²) >= 11 is 1.17. The minimum Gasteiger partial charge on any atom is -0.309 e. The maximum atomic E-state index is 13.1. The number of aromatic nitrogens is 1. The topological polar surface area (TPSA) is 136 Å². The number of anilines is 1. The van der Waals surface area contributed by atoms with Crippen LogP contribution in [0.2, 0.25) is 0 Å². The van der Waals surface area contributed by atoms with E-state index in [0.29, 0.717) is 22.5 Å². The molecule has 0 unspecified atom stereocenters. The summed E-state index contributed by atoms with van der Waals surface area (Å²) in [6.45, 7) is 0. The average Bonchev–Trinajstić information content (AvgIpc) is 3.38. The fourth-order valence-electron chi connectivity index (χ4n) is 3.79. The Morgan fingerprint density at radius 3 is 2.31 bits per heavy atom. The van der Waals surface area contributed by atoms with Crippen LogP contribution in [0.15, 0.2) is 88.3 Å². The lowest BCUT2D eigenvalue weighted by molar-refractivity contribution is -0.384. The number of amides is 1. The van der Waals surface area contributed by atoms with Gasteiger partial charge in [-0.2, -0.15) is 5.10 Å². The average molecular weight is 500 g/mol. The Balaban J connectivity index is 1.75. The van der Waals surface area contributed by atoms with Crippen molar-refractivity contribution in [1.82, 2.24) is 4.68 Å². The number of non-ortho nitro benzene ring substituents is 1. The molecule has 3 aromatic carbocycles. The van der Waals surface area contributed by atoms with Gasteiger partial charge in [0, 0.05) is 41.8 Å². The van der Waals surface area contributed by atoms with Gasteiger partial charge >= 0.3 is 0 Å². The quantitative estimate of drug-likeness (QED) is 0.294. The summed E-state index contributed by atoms with van der Waals surface area (Å²) in [5, 5.41) is 29.0. The van der Waals surface area contributed by atoms with E-state index < -0.39 is 9.85 Å². The van der Waals surface area contributed by atoms with E-state index in [0.717, 1.165) is 0 Å². The van der Waals surface area contributed by atoms with E-state index in [9.17, 15) is 25.0 Å². The number of nitrogens with zero attached hydrogens (tertiary/aromatic N) is 6. The first kappa shape index (κ1) is 22.8. The van der Waals surface area contributed by atoms with Gasteiger partial charge in [-0.05, 0) is 24.3 Å². The highest BCUT2D eigenvalue weighted by Crippen LogP contribution is 2.30. The summed E-state index contributed by atoms with van der Waals surface area (Å²) in [5.41, 5.74) is 2.50. The number of fused-ring (bicyclic) bond motifs is 1. The van der Waals surface area contributed by atoms with E-state index in [4.69, 9.17) is 0 Å². The van der Waals surface area contributed by atoms with Crippen molar-refractivity contribution in [3.05, 3.63) is 109 Å². The fourth-order valence-corrected chi connectivity index (χ4v) is 4.63. The zero-order valence-corrected chi connectivity index (χ0v) is 19.5. The summed E-state index contributed by atoms with van der Waals surface area (Å²) in [4.78, 5) is 40.9. The zero-order valence-electron chi connectivity index (χ0n) is 18.6. The second-order valence-corrected chi connectivity index (χ2v) is 8.54. The summed E-state index contributed by atoms with van der Waals surface area (Å²) in [7, 11) is 1.65. The van der Waals surface area contributed by atoms with Gasteiger partial charge < -0.3 is 4.90 Å². The molecular formula is C24H16N6O5S. The molecule has 0 saturated heterocycles. The molecule has 0 atom stereocenters. The normalized spacial score (nSPS) is 14.4. The van der Waals surface area contributed by atoms with E-state index in [1.165, 1.54) is 45.2 Å². The second-order valence-electron chi connectivity index (χ2n) is 7.71. The molecule has 12 heteroatoms. The molecule has 2 heterocycles. The number of hydrogen-bond acceptors (Lipinski definition) is 8. The smallest absolute Gasteiger partial charge is 0.294 e. The van der Waals surface area contributed by atoms with Crippen molar-refractivity contribution in [2.75, 3.05) is 11.9 Å². The number of likely N-dealkylation sites (N-methyl/N-ethyl adjacent to an activating group) is 1. The Bertz CT molecular complexity index is 1640. The van der Waals surface area contributed by atoms with Crippen LogP contribution in [0.25, 0.3) is 11.3 Å². The third-order valence-electron chi connectivity index (χ3n) is 5.58. The summed E-state index contributed by atoms with van der Waals surface area (Å²) in [6.07, 6.45) is 0. The molecule has 1 aliphatic rings. The number of nitro groups is 2. The fraction of sp³-hybridized carbons (Fsp3) is 0.0417. The third-order valence-corrected chi connectivity index (χ3v) is 6.40. The Morgan fingerprint density at radius 1 is 0.889 bits per heavy atom. The number of para-hydroxylation sites is 3. The van der Waals surface area contributed by atoms with Gasteiger partial charge in [0.05, 0.1) is 21.2 Å². The highest BCUT2D eigenvalue weighted by Gasteiger charge is 2.31. The van der Waals surface area contributed by atoms with Crippen molar-refractivity contribution in [1.29, 1.82) is 0 Å². The van der Waals surface area contributed by atoms with Crippen LogP contribution in [0.5, 0.6) is 0 Å². The molecule has 0 radical (unpaired) electrons. The number of nitro benzene ring substituents is 2. The number of carbonyl (C=O) groups is 1. The lowest BCUT2D eigenvalue weighted by atomic mass is 10.1. The van der Waals surface area contributed by atoms with Crippen LogP contribution >= 0.6 is 11.3 Å². The minimum atomic E-state index is -0.522. The van der Waals surface area contributed by atoms with Crippen LogP contribution in [0.3, 0.4) is 0 Å². The maximum Gasteiger partial charge on any atom is 0.294 e. The van der Waals surface area contributed by atoms with Gasteiger partial charge in [0.1, 0.15) is 5.69 Å². The first-order valence-corrected chi connectivity index (χ1v) is 11.4.